The molecule has 0 bridgehead atoms. The highest BCUT2D eigenvalue weighted by Gasteiger charge is 2.18. The molecule has 0 N–H and O–H groups in total. The van der Waals surface area contributed by atoms with Gasteiger partial charge in [-0.2, -0.15) is 0 Å². The Labute approximate surface area is 162 Å². The summed E-state index contributed by atoms with van der Waals surface area (Å²) in [5, 5.41) is 1.28. The van der Waals surface area contributed by atoms with Crippen LogP contribution in [0.4, 0.5) is 0 Å². The molecule has 4 rings (SSSR count). The number of hydrogen-bond donors (Lipinski definition) is 0. The van der Waals surface area contributed by atoms with Gasteiger partial charge in [-0.15, -0.1) is 0 Å². The van der Waals surface area contributed by atoms with E-state index in [2.05, 4.69) is 11.1 Å². The molecule has 0 aliphatic heterocycles. The first kappa shape index (κ1) is 18.9. The van der Waals surface area contributed by atoms with Gasteiger partial charge in [0, 0.05) is 24.2 Å². The molecule has 0 radical (unpaired) electrons. The van der Waals surface area contributed by atoms with Crippen LogP contribution < -0.4 is 0 Å². The lowest BCUT2D eigenvalue weighted by Gasteiger charge is -2.01. The number of carbonyl (C=O) groups is 1. The number of aromatic nitrogens is 1. The summed E-state index contributed by atoms with van der Waals surface area (Å²) < 4.78 is 11.4. The molecule has 0 saturated carbocycles. The normalized spacial score (nSPS) is 10.5. The molecule has 0 unspecified atom stereocenters. The number of Topliss-reactive ketones (excluding diaryl/α,β-unsaturated/α-hetero) is 1. The van der Waals surface area contributed by atoms with Crippen molar-refractivity contribution in [3.8, 4) is 22.5 Å². The van der Waals surface area contributed by atoms with Gasteiger partial charge in [0.2, 0.25) is 5.22 Å². The maximum Gasteiger partial charge on any atom is 0.205 e. The van der Waals surface area contributed by atoms with E-state index >= 15 is 0 Å². The summed E-state index contributed by atoms with van der Waals surface area (Å²) in [4.78, 5) is 13.9. The zero-order chi connectivity index (χ0) is 19.4. The SMILES string of the molecule is CCC(C)=O.Cc1ccc(-c2c(Cl)oc3ccc(-c4ccncc4)cc23)o1. The van der Waals surface area contributed by atoms with Gasteiger partial charge in [0.15, 0.2) is 0 Å². The minimum atomic E-state index is 0.255. The second kappa shape index (κ2) is 8.23. The summed E-state index contributed by atoms with van der Waals surface area (Å²) in [5.74, 6) is 1.81. The molecule has 138 valence electrons. The number of furan rings is 2. The van der Waals surface area contributed by atoms with Crippen LogP contribution in [0.15, 0.2) is 63.7 Å². The van der Waals surface area contributed by atoms with Crippen molar-refractivity contribution >= 4 is 28.4 Å². The Bertz CT molecular complexity index is 1060. The molecule has 1 aromatic carbocycles. The number of carbonyl (C=O) groups excluding carboxylic acids is 1. The van der Waals surface area contributed by atoms with E-state index in [0.29, 0.717) is 17.4 Å². The third-order valence-electron chi connectivity index (χ3n) is 4.14. The number of ketones is 1. The lowest BCUT2D eigenvalue weighted by atomic mass is 10.0. The number of hydrogen-bond acceptors (Lipinski definition) is 4. The van der Waals surface area contributed by atoms with Crippen LogP contribution in [-0.2, 0) is 4.79 Å². The second-order valence-corrected chi connectivity index (χ2v) is 6.51. The molecule has 4 aromatic rings. The minimum Gasteiger partial charge on any atom is -0.461 e. The lowest BCUT2D eigenvalue weighted by molar-refractivity contribution is -0.116. The van der Waals surface area contributed by atoms with Crippen molar-refractivity contribution in [3.05, 3.63) is 65.8 Å². The van der Waals surface area contributed by atoms with E-state index in [-0.39, 0.29) is 5.78 Å². The fourth-order valence-corrected chi connectivity index (χ4v) is 2.87. The summed E-state index contributed by atoms with van der Waals surface area (Å²) in [6, 6.07) is 13.8. The van der Waals surface area contributed by atoms with Gasteiger partial charge in [-0.1, -0.05) is 13.0 Å². The van der Waals surface area contributed by atoms with Crippen LogP contribution in [0.5, 0.6) is 0 Å². The van der Waals surface area contributed by atoms with Crippen molar-refractivity contribution in [1.82, 2.24) is 4.98 Å². The Kier molecular flexibility index (Phi) is 5.77. The smallest absolute Gasteiger partial charge is 0.205 e. The topological polar surface area (TPSA) is 56.2 Å². The summed E-state index contributed by atoms with van der Waals surface area (Å²) in [6.07, 6.45) is 4.22. The van der Waals surface area contributed by atoms with E-state index < -0.39 is 0 Å². The first-order valence-electron chi connectivity index (χ1n) is 8.68. The highest BCUT2D eigenvalue weighted by Crippen LogP contribution is 2.40. The Hall–Kier alpha value is -2.85. The monoisotopic (exact) mass is 381 g/mol. The summed E-state index contributed by atoms with van der Waals surface area (Å²) in [6.45, 7) is 5.34. The molecule has 0 aliphatic carbocycles. The van der Waals surface area contributed by atoms with Gasteiger partial charge < -0.3 is 13.6 Å². The Morgan fingerprint density at radius 1 is 1.04 bits per heavy atom. The number of nitrogens with zero attached hydrogens (tertiary/aromatic N) is 1. The molecular formula is C22H20ClNO3. The standard InChI is InChI=1S/C18H12ClNO2.C4H8O/c1-11-2-4-16(21-11)17-14-10-13(12-6-8-20-9-7-12)3-5-15(14)22-18(17)19;1-3-4(2)5/h2-10H,1H3;3H2,1-2H3. The van der Waals surface area contributed by atoms with E-state index in [1.165, 1.54) is 0 Å². The molecule has 3 aromatic heterocycles. The van der Waals surface area contributed by atoms with Gasteiger partial charge in [-0.05, 0) is 73.0 Å². The average Bonchev–Trinajstić information content (AvgIpc) is 3.24. The van der Waals surface area contributed by atoms with Gasteiger partial charge in [-0.25, -0.2) is 0 Å². The quantitative estimate of drug-likeness (QED) is 0.396. The van der Waals surface area contributed by atoms with Crippen LogP contribution in [0, 0.1) is 6.92 Å². The molecule has 0 aliphatic rings. The van der Waals surface area contributed by atoms with Crippen LogP contribution >= 0.6 is 11.6 Å². The predicted molar refractivity (Wildman–Crippen MR) is 108 cm³/mol. The van der Waals surface area contributed by atoms with Crippen molar-refractivity contribution in [2.45, 2.75) is 27.2 Å². The molecule has 27 heavy (non-hydrogen) atoms. The van der Waals surface area contributed by atoms with Gasteiger partial charge in [-0.3, -0.25) is 4.98 Å². The van der Waals surface area contributed by atoms with Crippen LogP contribution in [0.3, 0.4) is 0 Å². The number of benzene rings is 1. The van der Waals surface area contributed by atoms with Crippen molar-refractivity contribution < 1.29 is 13.6 Å². The maximum atomic E-state index is 9.81. The van der Waals surface area contributed by atoms with Crippen LogP contribution in [0.1, 0.15) is 26.0 Å². The third kappa shape index (κ3) is 4.29. The zero-order valence-corrected chi connectivity index (χ0v) is 16.2. The largest absolute Gasteiger partial charge is 0.461 e. The predicted octanol–water partition coefficient (Wildman–Crippen LogP) is 6.70. The first-order chi connectivity index (χ1) is 13.0. The van der Waals surface area contributed by atoms with E-state index in [9.17, 15) is 4.79 Å². The number of fused-ring (bicyclic) bond motifs is 1. The highest BCUT2D eigenvalue weighted by molar-refractivity contribution is 6.33. The number of pyridine rings is 1. The van der Waals surface area contributed by atoms with Crippen molar-refractivity contribution in [2.24, 2.45) is 0 Å². The van der Waals surface area contributed by atoms with E-state index in [1.807, 2.05) is 50.2 Å². The third-order valence-corrected chi connectivity index (χ3v) is 4.41. The lowest BCUT2D eigenvalue weighted by Crippen LogP contribution is -1.80. The molecule has 0 spiro atoms. The van der Waals surface area contributed by atoms with Crippen LogP contribution in [0.25, 0.3) is 33.4 Å². The first-order valence-corrected chi connectivity index (χ1v) is 9.06. The minimum absolute atomic E-state index is 0.255. The van der Waals surface area contributed by atoms with Gasteiger partial charge in [0.25, 0.3) is 0 Å². The summed E-state index contributed by atoms with van der Waals surface area (Å²) >= 11 is 6.27. The number of halogens is 1. The van der Waals surface area contributed by atoms with E-state index in [1.54, 1.807) is 19.3 Å². The Morgan fingerprint density at radius 2 is 1.74 bits per heavy atom. The van der Waals surface area contributed by atoms with E-state index in [4.69, 9.17) is 20.4 Å². The average molecular weight is 382 g/mol. The number of aryl methyl sites for hydroxylation is 1. The Morgan fingerprint density at radius 3 is 2.33 bits per heavy atom. The Balaban J connectivity index is 0.000000376. The second-order valence-electron chi connectivity index (χ2n) is 6.16. The summed E-state index contributed by atoms with van der Waals surface area (Å²) in [7, 11) is 0. The van der Waals surface area contributed by atoms with Crippen molar-refractivity contribution in [2.75, 3.05) is 0 Å². The van der Waals surface area contributed by atoms with E-state index in [0.717, 1.165) is 33.4 Å². The number of rotatable bonds is 3. The van der Waals surface area contributed by atoms with Crippen LogP contribution in [-0.4, -0.2) is 10.8 Å². The van der Waals surface area contributed by atoms with Gasteiger partial charge >= 0.3 is 0 Å². The molecule has 4 nitrogen and oxygen atoms in total. The fourth-order valence-electron chi connectivity index (χ4n) is 2.59. The fraction of sp³-hybridized carbons (Fsp3) is 0.182. The molecule has 0 amide bonds. The van der Waals surface area contributed by atoms with Gasteiger partial charge in [0.05, 0.1) is 5.56 Å². The van der Waals surface area contributed by atoms with Crippen LogP contribution in [0.2, 0.25) is 5.22 Å². The molecule has 0 fully saturated rings. The maximum absolute atomic E-state index is 9.81. The molecular weight excluding hydrogens is 362 g/mol. The molecule has 5 heteroatoms. The van der Waals surface area contributed by atoms with Crippen molar-refractivity contribution in [1.29, 1.82) is 0 Å². The van der Waals surface area contributed by atoms with Crippen molar-refractivity contribution in [3.63, 3.8) is 0 Å². The summed E-state index contributed by atoms with van der Waals surface area (Å²) in [5.41, 5.74) is 3.71. The molecule has 3 heterocycles. The highest BCUT2D eigenvalue weighted by atomic mass is 35.5. The zero-order valence-electron chi connectivity index (χ0n) is 15.5. The van der Waals surface area contributed by atoms with Gasteiger partial charge in [0.1, 0.15) is 22.9 Å². The molecule has 0 saturated heterocycles. The molecule has 0 atom stereocenters.